The summed E-state index contributed by atoms with van der Waals surface area (Å²) in [5, 5.41) is 10.4. The fourth-order valence-corrected chi connectivity index (χ4v) is 4.28. The molecule has 3 atom stereocenters. The first-order chi connectivity index (χ1) is 10.0. The van der Waals surface area contributed by atoms with Crippen LogP contribution in [0.3, 0.4) is 0 Å². The van der Waals surface area contributed by atoms with Crippen LogP contribution in [0.25, 0.3) is 0 Å². The van der Waals surface area contributed by atoms with Crippen LogP contribution in [-0.4, -0.2) is 60.3 Å². The lowest BCUT2D eigenvalue weighted by Crippen LogP contribution is -2.47. The molecule has 1 aliphatic heterocycles. The van der Waals surface area contributed by atoms with Gasteiger partial charge in [0, 0.05) is 12.6 Å². The third-order valence-corrected chi connectivity index (χ3v) is 6.08. The summed E-state index contributed by atoms with van der Waals surface area (Å²) in [7, 11) is 2.28. The topological polar surface area (TPSA) is 26.7 Å². The van der Waals surface area contributed by atoms with Crippen molar-refractivity contribution in [3.8, 4) is 0 Å². The average Bonchev–Trinajstić information content (AvgIpc) is 2.49. The van der Waals surface area contributed by atoms with Crippen LogP contribution in [0, 0.1) is 17.8 Å². The molecule has 3 nitrogen and oxygen atoms in total. The van der Waals surface area contributed by atoms with Crippen LogP contribution in [0.5, 0.6) is 0 Å². The van der Waals surface area contributed by atoms with E-state index in [2.05, 4.69) is 37.6 Å². The molecule has 1 heterocycles. The molecule has 21 heavy (non-hydrogen) atoms. The minimum Gasteiger partial charge on any atom is -0.393 e. The van der Waals surface area contributed by atoms with Gasteiger partial charge in [-0.3, -0.25) is 0 Å². The van der Waals surface area contributed by atoms with Gasteiger partial charge in [-0.15, -0.1) is 0 Å². The van der Waals surface area contributed by atoms with E-state index in [4.69, 9.17) is 0 Å². The fourth-order valence-electron chi connectivity index (χ4n) is 4.28. The first-order valence-electron chi connectivity index (χ1n) is 9.11. The van der Waals surface area contributed by atoms with Gasteiger partial charge in [-0.25, -0.2) is 0 Å². The fraction of sp³-hybridized carbons (Fsp3) is 1.00. The van der Waals surface area contributed by atoms with E-state index in [1.54, 1.807) is 0 Å². The van der Waals surface area contributed by atoms with Gasteiger partial charge in [0.15, 0.2) is 0 Å². The van der Waals surface area contributed by atoms with Crippen LogP contribution in [0.1, 0.15) is 52.9 Å². The second-order valence-corrected chi connectivity index (χ2v) is 7.75. The van der Waals surface area contributed by atoms with Crippen LogP contribution in [0.2, 0.25) is 0 Å². The predicted molar refractivity (Wildman–Crippen MR) is 89.4 cm³/mol. The second-order valence-electron chi connectivity index (χ2n) is 7.75. The maximum atomic E-state index is 10.4. The van der Waals surface area contributed by atoms with Crippen molar-refractivity contribution >= 4 is 0 Å². The molecule has 2 rings (SSSR count). The van der Waals surface area contributed by atoms with Gasteiger partial charge >= 0.3 is 0 Å². The molecular weight excluding hydrogens is 260 g/mol. The molecule has 0 bridgehead atoms. The zero-order chi connectivity index (χ0) is 15.4. The van der Waals surface area contributed by atoms with Gasteiger partial charge in [-0.2, -0.15) is 0 Å². The normalized spacial score (nSPS) is 33.0. The Morgan fingerprint density at radius 2 is 1.81 bits per heavy atom. The smallest absolute Gasteiger partial charge is 0.0580 e. The van der Waals surface area contributed by atoms with E-state index in [9.17, 15) is 5.11 Å². The summed E-state index contributed by atoms with van der Waals surface area (Å²) in [6.45, 7) is 11.7. The SMILES string of the molecule is CCN1CCC(N(C)CC2CC(C(C)C)CCC2O)CC1. The number of aliphatic hydroxyl groups is 1. The monoisotopic (exact) mass is 296 g/mol. The molecule has 3 unspecified atom stereocenters. The lowest BCUT2D eigenvalue weighted by Gasteiger charge is -2.41. The summed E-state index contributed by atoms with van der Waals surface area (Å²) in [4.78, 5) is 5.10. The van der Waals surface area contributed by atoms with Crippen molar-refractivity contribution in [2.45, 2.75) is 65.0 Å². The van der Waals surface area contributed by atoms with Crippen LogP contribution < -0.4 is 0 Å². The van der Waals surface area contributed by atoms with Crippen molar-refractivity contribution in [1.82, 2.24) is 9.80 Å². The number of likely N-dealkylation sites (tertiary alicyclic amines) is 1. The summed E-state index contributed by atoms with van der Waals surface area (Å²) in [5.74, 6) is 2.06. The van der Waals surface area contributed by atoms with Gasteiger partial charge < -0.3 is 14.9 Å². The Hall–Kier alpha value is -0.120. The molecule has 1 N–H and O–H groups in total. The molecular formula is C18H36N2O. The molecule has 0 aromatic carbocycles. The number of nitrogens with zero attached hydrogens (tertiary/aromatic N) is 2. The third kappa shape index (κ3) is 4.67. The molecule has 124 valence electrons. The number of piperidine rings is 1. The summed E-state index contributed by atoms with van der Waals surface area (Å²) in [6.07, 6.45) is 5.96. The van der Waals surface area contributed by atoms with E-state index in [0.29, 0.717) is 5.92 Å². The highest BCUT2D eigenvalue weighted by Crippen LogP contribution is 2.34. The van der Waals surface area contributed by atoms with Crippen molar-refractivity contribution in [2.24, 2.45) is 17.8 Å². The first kappa shape index (κ1) is 17.2. The van der Waals surface area contributed by atoms with Crippen molar-refractivity contribution < 1.29 is 5.11 Å². The highest BCUT2D eigenvalue weighted by molar-refractivity contribution is 4.85. The molecule has 0 radical (unpaired) electrons. The first-order valence-corrected chi connectivity index (χ1v) is 9.11. The standard InChI is InChI=1S/C18H36N2O/c1-5-20-10-8-17(9-11-20)19(4)13-16-12-15(14(2)3)6-7-18(16)21/h14-18,21H,5-13H2,1-4H3. The minimum absolute atomic E-state index is 0.0711. The molecule has 0 spiro atoms. The van der Waals surface area contributed by atoms with Gasteiger partial charge in [0.05, 0.1) is 6.10 Å². The van der Waals surface area contributed by atoms with Crippen LogP contribution >= 0.6 is 0 Å². The largest absolute Gasteiger partial charge is 0.393 e. The summed E-state index contributed by atoms with van der Waals surface area (Å²) < 4.78 is 0. The van der Waals surface area contributed by atoms with Crippen LogP contribution in [0.15, 0.2) is 0 Å². The maximum absolute atomic E-state index is 10.4. The van der Waals surface area contributed by atoms with Gasteiger partial charge in [0.25, 0.3) is 0 Å². The molecule has 1 saturated carbocycles. The lowest BCUT2D eigenvalue weighted by molar-refractivity contribution is 0.0102. The van der Waals surface area contributed by atoms with Crippen molar-refractivity contribution in [1.29, 1.82) is 0 Å². The van der Waals surface area contributed by atoms with E-state index >= 15 is 0 Å². The molecule has 1 saturated heterocycles. The van der Waals surface area contributed by atoms with E-state index < -0.39 is 0 Å². The van der Waals surface area contributed by atoms with Gasteiger partial charge in [-0.1, -0.05) is 20.8 Å². The van der Waals surface area contributed by atoms with Gasteiger partial charge in [0.2, 0.25) is 0 Å². The van der Waals surface area contributed by atoms with E-state index in [0.717, 1.165) is 30.8 Å². The number of rotatable bonds is 5. The van der Waals surface area contributed by atoms with E-state index in [-0.39, 0.29) is 6.10 Å². The Labute approximate surface area is 131 Å². The maximum Gasteiger partial charge on any atom is 0.0580 e. The lowest BCUT2D eigenvalue weighted by atomic mass is 9.74. The molecule has 0 amide bonds. The number of hydrogen-bond acceptors (Lipinski definition) is 3. The van der Waals surface area contributed by atoms with Crippen molar-refractivity contribution in [3.63, 3.8) is 0 Å². The molecule has 2 fully saturated rings. The van der Waals surface area contributed by atoms with Crippen LogP contribution in [-0.2, 0) is 0 Å². The Bertz CT molecular complexity index is 300. The summed E-state index contributed by atoms with van der Waals surface area (Å²) in [6, 6.07) is 0.722. The summed E-state index contributed by atoms with van der Waals surface area (Å²) >= 11 is 0. The summed E-state index contributed by atoms with van der Waals surface area (Å²) in [5.41, 5.74) is 0. The zero-order valence-corrected chi connectivity index (χ0v) is 14.6. The average molecular weight is 296 g/mol. The molecule has 1 aliphatic carbocycles. The molecule has 3 heteroatoms. The zero-order valence-electron chi connectivity index (χ0n) is 14.6. The van der Waals surface area contributed by atoms with Gasteiger partial charge in [-0.05, 0) is 76.5 Å². The molecule has 0 aromatic rings. The Morgan fingerprint density at radius 3 is 2.38 bits per heavy atom. The quantitative estimate of drug-likeness (QED) is 0.845. The second kappa shape index (κ2) is 7.94. The number of hydrogen-bond donors (Lipinski definition) is 1. The Morgan fingerprint density at radius 1 is 1.14 bits per heavy atom. The molecule has 2 aliphatic rings. The Kier molecular flexibility index (Phi) is 6.51. The van der Waals surface area contributed by atoms with E-state index in [1.165, 1.54) is 45.3 Å². The number of aliphatic hydroxyl groups excluding tert-OH is 1. The Balaban J connectivity index is 1.82. The highest BCUT2D eigenvalue weighted by atomic mass is 16.3. The van der Waals surface area contributed by atoms with Crippen LogP contribution in [0.4, 0.5) is 0 Å². The van der Waals surface area contributed by atoms with Gasteiger partial charge in [0.1, 0.15) is 0 Å². The van der Waals surface area contributed by atoms with Crippen molar-refractivity contribution in [3.05, 3.63) is 0 Å². The van der Waals surface area contributed by atoms with E-state index in [1.807, 2.05) is 0 Å². The minimum atomic E-state index is -0.0711. The third-order valence-electron chi connectivity index (χ3n) is 6.08. The molecule has 0 aromatic heterocycles. The predicted octanol–water partition coefficient (Wildman–Crippen LogP) is 2.84. The highest BCUT2D eigenvalue weighted by Gasteiger charge is 2.32. The van der Waals surface area contributed by atoms with Crippen molar-refractivity contribution in [2.75, 3.05) is 33.2 Å².